The van der Waals surface area contributed by atoms with Crippen molar-refractivity contribution in [3.63, 3.8) is 0 Å². The summed E-state index contributed by atoms with van der Waals surface area (Å²) in [6, 6.07) is 3.97. The second kappa shape index (κ2) is 4.53. The normalized spacial score (nSPS) is 18.4. The smallest absolute Gasteiger partial charge is 0.260 e. The molecule has 102 valence electrons. The highest BCUT2D eigenvalue weighted by atomic mass is 32.1. The molecule has 20 heavy (non-hydrogen) atoms. The van der Waals surface area contributed by atoms with Crippen LogP contribution < -0.4 is 5.56 Å². The lowest BCUT2D eigenvalue weighted by molar-refractivity contribution is 0.509. The van der Waals surface area contributed by atoms with Crippen molar-refractivity contribution in [1.82, 2.24) is 9.97 Å². The lowest BCUT2D eigenvalue weighted by Crippen LogP contribution is -2.13. The zero-order chi connectivity index (χ0) is 13.7. The second-order valence-corrected chi connectivity index (χ2v) is 7.46. The van der Waals surface area contributed by atoms with Crippen LogP contribution in [-0.2, 0) is 12.8 Å². The maximum atomic E-state index is 12.4. The van der Waals surface area contributed by atoms with Crippen molar-refractivity contribution < 1.29 is 0 Å². The fourth-order valence-electron chi connectivity index (χ4n) is 2.88. The maximum Gasteiger partial charge on any atom is 0.260 e. The van der Waals surface area contributed by atoms with Gasteiger partial charge in [0.25, 0.3) is 5.56 Å². The molecule has 0 unspecified atom stereocenters. The van der Waals surface area contributed by atoms with Crippen LogP contribution in [0.1, 0.15) is 23.8 Å². The average molecular weight is 302 g/mol. The average Bonchev–Trinajstić information content (AvgIpc) is 3.04. The van der Waals surface area contributed by atoms with Crippen LogP contribution in [0.15, 0.2) is 22.3 Å². The minimum Gasteiger partial charge on any atom is -0.305 e. The molecule has 0 spiro atoms. The number of fused-ring (bicyclic) bond motifs is 3. The number of aromatic amines is 1. The van der Waals surface area contributed by atoms with E-state index in [1.807, 2.05) is 17.5 Å². The van der Waals surface area contributed by atoms with Crippen LogP contribution in [0.2, 0.25) is 0 Å². The van der Waals surface area contributed by atoms with Crippen molar-refractivity contribution in [2.24, 2.45) is 5.92 Å². The summed E-state index contributed by atoms with van der Waals surface area (Å²) >= 11 is 3.30. The molecular formula is C15H14N2OS2. The number of thiophene rings is 2. The summed E-state index contributed by atoms with van der Waals surface area (Å²) in [4.78, 5) is 23.3. The molecular weight excluding hydrogens is 288 g/mol. The van der Waals surface area contributed by atoms with E-state index in [0.717, 1.165) is 27.9 Å². The Balaban J connectivity index is 1.96. The Labute approximate surface area is 124 Å². The lowest BCUT2D eigenvalue weighted by atomic mass is 9.89. The molecule has 3 heterocycles. The first kappa shape index (κ1) is 12.3. The van der Waals surface area contributed by atoms with Gasteiger partial charge in [-0.2, -0.15) is 0 Å². The first-order valence-electron chi connectivity index (χ1n) is 6.81. The Morgan fingerprint density at radius 3 is 3.15 bits per heavy atom. The monoisotopic (exact) mass is 302 g/mol. The summed E-state index contributed by atoms with van der Waals surface area (Å²) in [7, 11) is 0. The summed E-state index contributed by atoms with van der Waals surface area (Å²) < 4.78 is 0. The molecule has 3 aromatic heterocycles. The molecule has 0 fully saturated rings. The standard InChI is InChI=1S/C15H14N2OS2/c1-8-4-5-9-11(7-8)20-15-12(9)14(18)16-13(17-15)10-3-2-6-19-10/h2-3,6,8H,4-5,7H2,1H3,(H,16,17,18)/t8-/m1/s1. The molecule has 1 aliphatic carbocycles. The van der Waals surface area contributed by atoms with E-state index in [4.69, 9.17) is 0 Å². The third-order valence-electron chi connectivity index (χ3n) is 3.92. The van der Waals surface area contributed by atoms with E-state index < -0.39 is 0 Å². The Morgan fingerprint density at radius 1 is 1.45 bits per heavy atom. The number of nitrogens with zero attached hydrogens (tertiary/aromatic N) is 1. The van der Waals surface area contributed by atoms with Crippen molar-refractivity contribution in [1.29, 1.82) is 0 Å². The summed E-state index contributed by atoms with van der Waals surface area (Å²) in [5.74, 6) is 1.41. The first-order valence-corrected chi connectivity index (χ1v) is 8.50. The highest BCUT2D eigenvalue weighted by molar-refractivity contribution is 7.19. The van der Waals surface area contributed by atoms with Crippen molar-refractivity contribution in [3.8, 4) is 10.7 Å². The molecule has 4 rings (SSSR count). The summed E-state index contributed by atoms with van der Waals surface area (Å²) in [6.07, 6.45) is 3.27. The lowest BCUT2D eigenvalue weighted by Gasteiger charge is -2.17. The Bertz CT molecular complexity index is 830. The molecule has 0 bridgehead atoms. The summed E-state index contributed by atoms with van der Waals surface area (Å²) in [5.41, 5.74) is 1.26. The number of aryl methyl sites for hydroxylation is 1. The Morgan fingerprint density at radius 2 is 2.35 bits per heavy atom. The van der Waals surface area contributed by atoms with Gasteiger partial charge in [-0.15, -0.1) is 22.7 Å². The number of hydrogen-bond donors (Lipinski definition) is 1. The van der Waals surface area contributed by atoms with Crippen LogP contribution in [0.25, 0.3) is 20.9 Å². The zero-order valence-corrected chi connectivity index (χ0v) is 12.7. The fourth-order valence-corrected chi connectivity index (χ4v) is 4.93. The second-order valence-electron chi connectivity index (χ2n) is 5.42. The van der Waals surface area contributed by atoms with Crippen molar-refractivity contribution in [2.75, 3.05) is 0 Å². The summed E-state index contributed by atoms with van der Waals surface area (Å²) in [5, 5.41) is 2.83. The first-order chi connectivity index (χ1) is 9.72. The minimum atomic E-state index is 0.0189. The highest BCUT2D eigenvalue weighted by Crippen LogP contribution is 2.36. The number of nitrogens with one attached hydrogen (secondary N) is 1. The highest BCUT2D eigenvalue weighted by Gasteiger charge is 2.23. The van der Waals surface area contributed by atoms with Crippen molar-refractivity contribution in [2.45, 2.75) is 26.2 Å². The molecule has 0 saturated carbocycles. The van der Waals surface area contributed by atoms with Crippen LogP contribution in [0.4, 0.5) is 0 Å². The van der Waals surface area contributed by atoms with Crippen molar-refractivity contribution in [3.05, 3.63) is 38.3 Å². The van der Waals surface area contributed by atoms with Gasteiger partial charge >= 0.3 is 0 Å². The SMILES string of the molecule is C[C@@H]1CCc2c(sc3nc(-c4cccs4)[nH]c(=O)c23)C1. The maximum absolute atomic E-state index is 12.4. The van der Waals surface area contributed by atoms with E-state index in [9.17, 15) is 4.79 Å². The topological polar surface area (TPSA) is 45.8 Å². The van der Waals surface area contributed by atoms with E-state index in [1.54, 1.807) is 22.7 Å². The Kier molecular flexibility index (Phi) is 2.79. The molecule has 0 radical (unpaired) electrons. The van der Waals surface area contributed by atoms with Gasteiger partial charge in [0.1, 0.15) is 4.83 Å². The van der Waals surface area contributed by atoms with E-state index >= 15 is 0 Å². The molecule has 5 heteroatoms. The van der Waals surface area contributed by atoms with Gasteiger partial charge in [-0.3, -0.25) is 4.79 Å². The van der Waals surface area contributed by atoms with Gasteiger partial charge < -0.3 is 4.98 Å². The number of rotatable bonds is 1. The molecule has 0 aromatic carbocycles. The van der Waals surface area contributed by atoms with Gasteiger partial charge in [0.2, 0.25) is 0 Å². The van der Waals surface area contributed by atoms with Gasteiger partial charge in [-0.25, -0.2) is 4.98 Å². The van der Waals surface area contributed by atoms with Crippen molar-refractivity contribution >= 4 is 32.9 Å². The fraction of sp³-hybridized carbons (Fsp3) is 0.333. The molecule has 1 N–H and O–H groups in total. The number of hydrogen-bond acceptors (Lipinski definition) is 4. The van der Waals surface area contributed by atoms with E-state index in [2.05, 4.69) is 16.9 Å². The molecule has 3 nitrogen and oxygen atoms in total. The largest absolute Gasteiger partial charge is 0.305 e. The van der Waals surface area contributed by atoms with Crippen LogP contribution >= 0.6 is 22.7 Å². The van der Waals surface area contributed by atoms with E-state index in [0.29, 0.717) is 11.7 Å². The van der Waals surface area contributed by atoms with Gasteiger partial charge in [-0.1, -0.05) is 13.0 Å². The molecule has 0 amide bonds. The predicted octanol–water partition coefficient (Wildman–Crippen LogP) is 3.84. The zero-order valence-electron chi connectivity index (χ0n) is 11.1. The Hall–Kier alpha value is -1.46. The molecule has 1 atom stereocenters. The third-order valence-corrected chi connectivity index (χ3v) is 5.94. The molecule has 1 aliphatic rings. The summed E-state index contributed by atoms with van der Waals surface area (Å²) in [6.45, 7) is 2.28. The van der Waals surface area contributed by atoms with Gasteiger partial charge in [0.05, 0.1) is 10.3 Å². The minimum absolute atomic E-state index is 0.0189. The van der Waals surface area contributed by atoms with Gasteiger partial charge in [0, 0.05) is 4.88 Å². The predicted molar refractivity (Wildman–Crippen MR) is 84.7 cm³/mol. The van der Waals surface area contributed by atoms with Gasteiger partial charge in [0.15, 0.2) is 5.82 Å². The molecule has 3 aromatic rings. The number of aromatic nitrogens is 2. The third kappa shape index (κ3) is 1.84. The quantitative estimate of drug-likeness (QED) is 0.742. The van der Waals surface area contributed by atoms with E-state index in [1.165, 1.54) is 16.9 Å². The number of H-pyrrole nitrogens is 1. The van der Waals surface area contributed by atoms with E-state index in [-0.39, 0.29) is 5.56 Å². The van der Waals surface area contributed by atoms with Crippen LogP contribution in [0, 0.1) is 5.92 Å². The van der Waals surface area contributed by atoms with Crippen LogP contribution in [-0.4, -0.2) is 9.97 Å². The molecule has 0 aliphatic heterocycles. The van der Waals surface area contributed by atoms with Gasteiger partial charge in [-0.05, 0) is 42.2 Å². The van der Waals surface area contributed by atoms with Crippen LogP contribution in [0.3, 0.4) is 0 Å². The molecule has 0 saturated heterocycles. The van der Waals surface area contributed by atoms with Crippen LogP contribution in [0.5, 0.6) is 0 Å².